The van der Waals surface area contributed by atoms with Crippen molar-refractivity contribution in [3.8, 4) is 5.75 Å². The number of piperazine rings is 1. The second-order valence-electron chi connectivity index (χ2n) is 9.69. The van der Waals surface area contributed by atoms with Gasteiger partial charge in [0.05, 0.1) is 22.8 Å². The highest BCUT2D eigenvalue weighted by atomic mass is 35.5. The fourth-order valence-electron chi connectivity index (χ4n) is 5.16. The zero-order chi connectivity index (χ0) is 26.9. The van der Waals surface area contributed by atoms with Crippen LogP contribution in [0.5, 0.6) is 5.75 Å². The van der Waals surface area contributed by atoms with E-state index in [1.54, 1.807) is 12.0 Å². The van der Waals surface area contributed by atoms with Gasteiger partial charge >= 0.3 is 6.18 Å². The van der Waals surface area contributed by atoms with Crippen LogP contribution in [0.3, 0.4) is 0 Å². The van der Waals surface area contributed by atoms with E-state index < -0.39 is 16.9 Å². The zero-order valence-electron chi connectivity index (χ0n) is 21.2. The van der Waals surface area contributed by atoms with Gasteiger partial charge in [0, 0.05) is 50.0 Å². The number of hydrogen-bond donors (Lipinski definition) is 1. The van der Waals surface area contributed by atoms with Crippen molar-refractivity contribution < 1.29 is 22.7 Å². The first-order valence-electron chi connectivity index (χ1n) is 12.5. The van der Waals surface area contributed by atoms with Gasteiger partial charge in [0.15, 0.2) is 5.69 Å². The van der Waals surface area contributed by atoms with Gasteiger partial charge in [-0.05, 0) is 38.3 Å². The third-order valence-corrected chi connectivity index (χ3v) is 8.02. The van der Waals surface area contributed by atoms with E-state index in [1.807, 2.05) is 12.1 Å². The lowest BCUT2D eigenvalue weighted by atomic mass is 10.0. The van der Waals surface area contributed by atoms with Crippen molar-refractivity contribution >= 4 is 34.8 Å². The van der Waals surface area contributed by atoms with Crippen LogP contribution in [0.2, 0.25) is 10.0 Å². The Labute approximate surface area is 224 Å². The van der Waals surface area contributed by atoms with E-state index >= 15 is 0 Å². The molecule has 1 N–H and O–H groups in total. The summed E-state index contributed by atoms with van der Waals surface area (Å²) in [6.07, 6.45) is 0.116. The number of benzene rings is 1. The number of methoxy groups -OCH3 is 1. The van der Waals surface area contributed by atoms with Gasteiger partial charge in [0.1, 0.15) is 12.3 Å². The van der Waals surface area contributed by atoms with Crippen LogP contribution < -0.4 is 15.0 Å². The molecule has 2 heterocycles. The van der Waals surface area contributed by atoms with Crippen LogP contribution >= 0.6 is 23.2 Å². The van der Waals surface area contributed by atoms with Gasteiger partial charge in [-0.25, -0.2) is 0 Å². The molecule has 12 heteroatoms. The number of nitrogens with one attached hydrogen (secondary N) is 1. The van der Waals surface area contributed by atoms with Crippen LogP contribution in [0.1, 0.15) is 55.6 Å². The van der Waals surface area contributed by atoms with E-state index in [0.29, 0.717) is 43.0 Å². The summed E-state index contributed by atoms with van der Waals surface area (Å²) in [4.78, 5) is 16.8. The molecule has 2 aromatic rings. The lowest BCUT2D eigenvalue weighted by molar-refractivity contribution is -0.142. The minimum atomic E-state index is -4.68. The quantitative estimate of drug-likeness (QED) is 0.485. The number of anilines is 1. The molecule has 0 bridgehead atoms. The largest absolute Gasteiger partial charge is 0.495 e. The average molecular weight is 562 g/mol. The Bertz CT molecular complexity index is 1130. The van der Waals surface area contributed by atoms with E-state index in [1.165, 1.54) is 19.8 Å². The summed E-state index contributed by atoms with van der Waals surface area (Å²) in [6.45, 7) is 5.22. The second kappa shape index (κ2) is 11.3. The number of hydrogen-bond acceptors (Lipinski definition) is 5. The van der Waals surface area contributed by atoms with Gasteiger partial charge in [-0.3, -0.25) is 9.48 Å². The Hall–Kier alpha value is -2.17. The van der Waals surface area contributed by atoms with Crippen molar-refractivity contribution in [3.63, 3.8) is 0 Å². The Balaban J connectivity index is 1.46. The van der Waals surface area contributed by atoms with Gasteiger partial charge in [-0.15, -0.1) is 0 Å². The maximum absolute atomic E-state index is 13.1. The molecule has 1 saturated carbocycles. The molecule has 2 aliphatic rings. The molecule has 4 rings (SSSR count). The Morgan fingerprint density at radius 1 is 1.19 bits per heavy atom. The maximum atomic E-state index is 13.1. The van der Waals surface area contributed by atoms with E-state index in [-0.39, 0.29) is 24.2 Å². The third kappa shape index (κ3) is 6.12. The molecule has 0 radical (unpaired) electrons. The SMILES string of the molecule is COc1cc(N2CCN(C(=O)Cn3nc(C(F)(F)F)c(Cl)c3C)CC2)c(C(C)NC2CCCC2)cc1Cl. The van der Waals surface area contributed by atoms with Crippen molar-refractivity contribution in [2.75, 3.05) is 38.2 Å². The summed E-state index contributed by atoms with van der Waals surface area (Å²) in [5, 5.41) is 7.34. The molecule has 0 spiro atoms. The minimum absolute atomic E-state index is 0.0801. The smallest absolute Gasteiger partial charge is 0.436 e. The maximum Gasteiger partial charge on any atom is 0.436 e. The number of nitrogens with zero attached hydrogens (tertiary/aromatic N) is 4. The molecule has 1 aliphatic heterocycles. The van der Waals surface area contributed by atoms with Crippen LogP contribution in [0.15, 0.2) is 12.1 Å². The van der Waals surface area contributed by atoms with Gasteiger partial charge in [-0.1, -0.05) is 36.0 Å². The molecule has 1 aromatic heterocycles. The third-order valence-electron chi connectivity index (χ3n) is 7.27. The van der Waals surface area contributed by atoms with Crippen LogP contribution in [-0.2, 0) is 17.5 Å². The topological polar surface area (TPSA) is 62.6 Å². The molecule has 1 aromatic carbocycles. The summed E-state index contributed by atoms with van der Waals surface area (Å²) >= 11 is 12.3. The Morgan fingerprint density at radius 3 is 2.41 bits per heavy atom. The highest BCUT2D eigenvalue weighted by Gasteiger charge is 2.38. The Morgan fingerprint density at radius 2 is 1.84 bits per heavy atom. The van der Waals surface area contributed by atoms with E-state index in [2.05, 4.69) is 22.2 Å². The van der Waals surface area contributed by atoms with E-state index in [4.69, 9.17) is 27.9 Å². The first kappa shape index (κ1) is 27.9. The predicted molar refractivity (Wildman–Crippen MR) is 138 cm³/mol. The molecule has 7 nitrogen and oxygen atoms in total. The summed E-state index contributed by atoms with van der Waals surface area (Å²) in [7, 11) is 1.58. The normalized spacial score (nSPS) is 17.9. The average Bonchev–Trinajstić information content (AvgIpc) is 3.47. The lowest BCUT2D eigenvalue weighted by Gasteiger charge is -2.38. The van der Waals surface area contributed by atoms with Gasteiger partial charge in [0.2, 0.25) is 5.91 Å². The molecule has 37 heavy (non-hydrogen) atoms. The van der Waals surface area contributed by atoms with Crippen molar-refractivity contribution in [1.29, 1.82) is 0 Å². The monoisotopic (exact) mass is 561 g/mol. The molecule has 1 amide bonds. The van der Waals surface area contributed by atoms with Crippen LogP contribution in [-0.4, -0.2) is 59.9 Å². The lowest BCUT2D eigenvalue weighted by Crippen LogP contribution is -2.50. The number of carbonyl (C=O) groups is 1. The predicted octanol–water partition coefficient (Wildman–Crippen LogP) is 5.47. The number of amides is 1. The van der Waals surface area contributed by atoms with Crippen LogP contribution in [0.25, 0.3) is 0 Å². The summed E-state index contributed by atoms with van der Waals surface area (Å²) in [5.74, 6) is 0.277. The standard InChI is InChI=1S/C25H32Cl2F3N5O2/c1-15(31-17-6-4-5-7-17)18-12-19(26)21(37-3)13-20(18)33-8-10-34(11-9-33)22(36)14-35-16(2)23(27)24(32-35)25(28,29)30/h12-13,15,17,31H,4-11,14H2,1-3H3. The molecular weight excluding hydrogens is 530 g/mol. The van der Waals surface area contributed by atoms with Crippen molar-refractivity contribution in [2.45, 2.75) is 64.3 Å². The van der Waals surface area contributed by atoms with Gasteiger partial charge in [0.25, 0.3) is 0 Å². The van der Waals surface area contributed by atoms with Crippen molar-refractivity contribution in [3.05, 3.63) is 39.1 Å². The molecule has 1 aliphatic carbocycles. The molecule has 204 valence electrons. The highest BCUT2D eigenvalue weighted by Crippen LogP contribution is 2.38. The van der Waals surface area contributed by atoms with E-state index in [9.17, 15) is 18.0 Å². The Kier molecular flexibility index (Phi) is 8.50. The fourth-order valence-corrected chi connectivity index (χ4v) is 5.65. The molecule has 2 fully saturated rings. The summed E-state index contributed by atoms with van der Waals surface area (Å²) < 4.78 is 45.9. The molecule has 1 unspecified atom stereocenters. The van der Waals surface area contributed by atoms with Crippen molar-refractivity contribution in [1.82, 2.24) is 20.0 Å². The summed E-state index contributed by atoms with van der Waals surface area (Å²) in [6, 6.07) is 4.45. The zero-order valence-corrected chi connectivity index (χ0v) is 22.7. The minimum Gasteiger partial charge on any atom is -0.495 e. The molecule has 1 saturated heterocycles. The van der Waals surface area contributed by atoms with E-state index in [0.717, 1.165) is 28.8 Å². The van der Waals surface area contributed by atoms with Gasteiger partial charge in [-0.2, -0.15) is 18.3 Å². The first-order chi connectivity index (χ1) is 17.5. The highest BCUT2D eigenvalue weighted by molar-refractivity contribution is 6.32. The number of halogens is 5. The number of rotatable bonds is 7. The molecule has 1 atom stereocenters. The van der Waals surface area contributed by atoms with Crippen LogP contribution in [0, 0.1) is 6.92 Å². The first-order valence-corrected chi connectivity index (χ1v) is 13.2. The van der Waals surface area contributed by atoms with Crippen molar-refractivity contribution in [2.24, 2.45) is 0 Å². The molecular formula is C25H32Cl2F3N5O2. The number of carbonyl (C=O) groups excluding carboxylic acids is 1. The second-order valence-corrected chi connectivity index (χ2v) is 10.5. The number of alkyl halides is 3. The number of aromatic nitrogens is 2. The number of ether oxygens (including phenoxy) is 1. The van der Waals surface area contributed by atoms with Crippen LogP contribution in [0.4, 0.5) is 18.9 Å². The fraction of sp³-hybridized carbons (Fsp3) is 0.600. The summed E-state index contributed by atoms with van der Waals surface area (Å²) in [5.41, 5.74) is 1.01. The van der Waals surface area contributed by atoms with Gasteiger partial charge < -0.3 is 19.9 Å².